The van der Waals surface area contributed by atoms with Crippen molar-refractivity contribution in [3.05, 3.63) is 81.0 Å². The van der Waals surface area contributed by atoms with Gasteiger partial charge in [-0.2, -0.15) is 9.50 Å². The number of hydrogen-bond donors (Lipinski definition) is 2. The van der Waals surface area contributed by atoms with Crippen molar-refractivity contribution in [3.63, 3.8) is 0 Å². The van der Waals surface area contributed by atoms with Gasteiger partial charge in [-0.05, 0) is 55.9 Å². The predicted octanol–water partition coefficient (Wildman–Crippen LogP) is 4.30. The number of nitrogens with one attached hydrogen (secondary N) is 1. The number of halogens is 1. The van der Waals surface area contributed by atoms with Crippen LogP contribution in [0.15, 0.2) is 47.3 Å². The van der Waals surface area contributed by atoms with Gasteiger partial charge >= 0.3 is 0 Å². The summed E-state index contributed by atoms with van der Waals surface area (Å²) in [5, 5.41) is 16.8. The zero-order valence-electron chi connectivity index (χ0n) is 23.0. The molecule has 0 unspecified atom stereocenters. The molecule has 10 heteroatoms. The lowest BCUT2D eigenvalue weighted by molar-refractivity contribution is -0.116. The summed E-state index contributed by atoms with van der Waals surface area (Å²) in [4.78, 5) is 30.9. The average Bonchev–Trinajstić information content (AvgIpc) is 3.59. The number of nitrogens with zero attached hydrogens (tertiary/aromatic N) is 4. The van der Waals surface area contributed by atoms with E-state index >= 15 is 0 Å². The zero-order valence-corrected chi connectivity index (χ0v) is 23.0. The minimum atomic E-state index is -0.514. The summed E-state index contributed by atoms with van der Waals surface area (Å²) >= 11 is 0. The molecule has 0 saturated heterocycles. The molecule has 1 amide bonds. The minimum absolute atomic E-state index is 0.0907. The summed E-state index contributed by atoms with van der Waals surface area (Å²) in [6.07, 6.45) is 1.92. The van der Waals surface area contributed by atoms with Crippen molar-refractivity contribution in [1.82, 2.24) is 19.2 Å². The molecule has 2 aromatic heterocycles. The second-order valence-corrected chi connectivity index (χ2v) is 10.2. The third-order valence-electron chi connectivity index (χ3n) is 7.24. The number of rotatable bonds is 7. The summed E-state index contributed by atoms with van der Waals surface area (Å²) in [5.41, 5.74) is 3.35. The molecule has 1 aliphatic carbocycles. The molecular formula is C29H33BFN5O3. The normalized spacial score (nSPS) is 13.7. The smallest absolute Gasteiger partial charge is 0.279 e. The Hall–Kier alpha value is -3.79. The molecule has 2 aromatic carbocycles. The second kappa shape index (κ2) is 11.1. The number of aliphatic hydroxyl groups excluding tert-OH is 1. The largest absolute Gasteiger partial charge is 0.395 e. The Morgan fingerprint density at radius 2 is 1.82 bits per heavy atom. The first-order valence-corrected chi connectivity index (χ1v) is 13.0. The Morgan fingerprint density at radius 3 is 2.38 bits per heavy atom. The average molecular weight is 529 g/mol. The van der Waals surface area contributed by atoms with Gasteiger partial charge in [-0.1, -0.05) is 51.0 Å². The molecule has 1 aliphatic rings. The van der Waals surface area contributed by atoms with E-state index in [1.165, 1.54) is 23.5 Å². The van der Waals surface area contributed by atoms with Crippen LogP contribution in [0.5, 0.6) is 0 Å². The first-order chi connectivity index (χ1) is 18.6. The van der Waals surface area contributed by atoms with E-state index in [4.69, 9.17) is 0 Å². The van der Waals surface area contributed by atoms with Crippen molar-refractivity contribution < 1.29 is 14.3 Å². The summed E-state index contributed by atoms with van der Waals surface area (Å²) in [5.74, 6) is -0.476. The minimum Gasteiger partial charge on any atom is -0.395 e. The Labute approximate surface area is 228 Å². The maximum atomic E-state index is 14.3. The number of aromatic nitrogens is 4. The van der Waals surface area contributed by atoms with Crippen molar-refractivity contribution in [3.8, 4) is 11.4 Å². The fourth-order valence-corrected chi connectivity index (χ4v) is 4.87. The van der Waals surface area contributed by atoms with Crippen LogP contribution in [-0.4, -0.2) is 44.6 Å². The molecule has 0 aliphatic heterocycles. The van der Waals surface area contributed by atoms with Gasteiger partial charge in [0.15, 0.2) is 5.82 Å². The number of amides is 1. The maximum absolute atomic E-state index is 14.3. The third-order valence-corrected chi connectivity index (χ3v) is 7.24. The summed E-state index contributed by atoms with van der Waals surface area (Å²) in [6, 6.07) is 12.3. The number of anilines is 1. The first kappa shape index (κ1) is 28.2. The van der Waals surface area contributed by atoms with E-state index in [1.54, 1.807) is 24.5 Å². The number of fused-ring (bicyclic) bond motifs is 1. The predicted molar refractivity (Wildman–Crippen MR) is 151 cm³/mol. The van der Waals surface area contributed by atoms with E-state index in [2.05, 4.69) is 23.2 Å². The van der Waals surface area contributed by atoms with Gasteiger partial charge < -0.3 is 15.0 Å². The highest BCUT2D eigenvalue weighted by atomic mass is 19.1. The van der Waals surface area contributed by atoms with Gasteiger partial charge in [-0.3, -0.25) is 9.59 Å². The highest BCUT2D eigenvalue weighted by Crippen LogP contribution is 2.47. The molecule has 39 heavy (non-hydrogen) atoms. The summed E-state index contributed by atoms with van der Waals surface area (Å²) < 4.78 is 17.2. The van der Waals surface area contributed by atoms with Crippen LogP contribution >= 0.6 is 0 Å². The van der Waals surface area contributed by atoms with E-state index in [-0.39, 0.29) is 41.5 Å². The Balaban J connectivity index is 0.00000172. The van der Waals surface area contributed by atoms with Gasteiger partial charge in [0, 0.05) is 22.2 Å². The second-order valence-electron chi connectivity index (χ2n) is 10.2. The molecule has 0 spiro atoms. The van der Waals surface area contributed by atoms with Crippen molar-refractivity contribution >= 4 is 25.2 Å². The van der Waals surface area contributed by atoms with Gasteiger partial charge in [-0.25, -0.2) is 4.39 Å². The monoisotopic (exact) mass is 529 g/mol. The number of carbonyl (C=O) groups excluding carboxylic acids is 1. The SMILES string of the molecule is Cc1ccc(NC(=O)Cn2c(C)c(C(C)C)c(=O)n3nc(-c4ccc(C5(CO)CC5)cc4)nc23)c(F)c1.[B]C. The van der Waals surface area contributed by atoms with Gasteiger partial charge in [0.05, 0.1) is 20.1 Å². The lowest BCUT2D eigenvalue weighted by Gasteiger charge is -2.17. The molecule has 5 rings (SSSR count). The zero-order chi connectivity index (χ0) is 28.5. The van der Waals surface area contributed by atoms with E-state index in [0.717, 1.165) is 29.5 Å². The van der Waals surface area contributed by atoms with Crippen molar-refractivity contribution in [2.45, 2.75) is 65.2 Å². The quantitative estimate of drug-likeness (QED) is 0.348. The molecule has 0 atom stereocenters. The van der Waals surface area contributed by atoms with Crippen LogP contribution in [-0.2, 0) is 16.8 Å². The summed E-state index contributed by atoms with van der Waals surface area (Å²) in [7, 11) is 4.50. The van der Waals surface area contributed by atoms with Crippen LogP contribution in [0.3, 0.4) is 0 Å². The van der Waals surface area contributed by atoms with E-state index < -0.39 is 11.7 Å². The number of benzene rings is 2. The van der Waals surface area contributed by atoms with Gasteiger partial charge in [0.25, 0.3) is 5.56 Å². The maximum Gasteiger partial charge on any atom is 0.279 e. The molecule has 2 N–H and O–H groups in total. The number of aryl methyl sites for hydroxylation is 1. The van der Waals surface area contributed by atoms with Crippen molar-refractivity contribution in [1.29, 1.82) is 0 Å². The lowest BCUT2D eigenvalue weighted by atomic mass is 9.96. The molecule has 8 nitrogen and oxygen atoms in total. The van der Waals surface area contributed by atoms with Crippen LogP contribution in [0.4, 0.5) is 10.1 Å². The van der Waals surface area contributed by atoms with Crippen molar-refractivity contribution in [2.24, 2.45) is 0 Å². The topological polar surface area (TPSA) is 102 Å². The van der Waals surface area contributed by atoms with Crippen LogP contribution in [0, 0.1) is 19.7 Å². The third kappa shape index (κ3) is 5.38. The number of aliphatic hydroxyl groups is 1. The fraction of sp³-hybridized carbons (Fsp3) is 0.379. The van der Waals surface area contributed by atoms with Gasteiger partial charge in [0.2, 0.25) is 11.7 Å². The van der Waals surface area contributed by atoms with E-state index in [1.807, 2.05) is 38.1 Å². The van der Waals surface area contributed by atoms with Crippen LogP contribution < -0.4 is 10.9 Å². The molecule has 0 bridgehead atoms. The molecule has 1 fully saturated rings. The summed E-state index contributed by atoms with van der Waals surface area (Å²) in [6.45, 7) is 8.82. The standard InChI is InChI=1S/C28H30FN5O3.CH3B/c1-16(2)24-18(4)33(14-23(36)30-22-10-5-17(3)13-21(22)29)27-31-25(32-34(27)26(24)37)19-6-8-20(9-7-19)28(15-35)11-12-28;1-2/h5-10,13,16,35H,11-12,14-15H2,1-4H3,(H,30,36);1H3. The highest BCUT2D eigenvalue weighted by Gasteiger charge is 2.43. The number of hydrogen-bond acceptors (Lipinski definition) is 5. The highest BCUT2D eigenvalue weighted by molar-refractivity contribution is 6.05. The van der Waals surface area contributed by atoms with Crippen LogP contribution in [0.25, 0.3) is 17.2 Å². The number of carbonyl (C=O) groups is 1. The Bertz CT molecular complexity index is 1570. The first-order valence-electron chi connectivity index (χ1n) is 13.0. The Morgan fingerprint density at radius 1 is 1.15 bits per heavy atom. The van der Waals surface area contributed by atoms with Crippen molar-refractivity contribution in [2.75, 3.05) is 11.9 Å². The van der Waals surface area contributed by atoms with Gasteiger partial charge in [0.1, 0.15) is 12.4 Å². The van der Waals surface area contributed by atoms with Gasteiger partial charge in [-0.15, -0.1) is 5.10 Å². The molecule has 202 valence electrons. The molecular weight excluding hydrogens is 496 g/mol. The lowest BCUT2D eigenvalue weighted by Crippen LogP contribution is -2.30. The molecule has 2 heterocycles. The van der Waals surface area contributed by atoms with E-state index in [0.29, 0.717) is 17.1 Å². The van der Waals surface area contributed by atoms with Crippen LogP contribution in [0.1, 0.15) is 55.0 Å². The van der Waals surface area contributed by atoms with E-state index in [9.17, 15) is 19.1 Å². The van der Waals surface area contributed by atoms with Crippen LogP contribution in [0.2, 0.25) is 6.82 Å². The Kier molecular flexibility index (Phi) is 8.06. The molecule has 2 radical (unpaired) electrons. The molecule has 1 saturated carbocycles. The molecule has 4 aromatic rings. The fourth-order valence-electron chi connectivity index (χ4n) is 4.87.